The summed E-state index contributed by atoms with van der Waals surface area (Å²) >= 11 is 3.40. The highest BCUT2D eigenvalue weighted by Crippen LogP contribution is 2.37. The quantitative estimate of drug-likeness (QED) is 0.870. The van der Waals surface area contributed by atoms with E-state index in [0.717, 1.165) is 22.9 Å². The third-order valence-corrected chi connectivity index (χ3v) is 3.77. The van der Waals surface area contributed by atoms with E-state index in [0.29, 0.717) is 17.4 Å². The van der Waals surface area contributed by atoms with Gasteiger partial charge in [-0.25, -0.2) is 4.79 Å². The van der Waals surface area contributed by atoms with Crippen molar-refractivity contribution in [3.8, 4) is 0 Å². The fraction of sp³-hybridized carbons (Fsp3) is 0.267. The number of nitrogens with zero attached hydrogens (tertiary/aromatic N) is 1. The zero-order valence-corrected chi connectivity index (χ0v) is 12.5. The van der Waals surface area contributed by atoms with Crippen molar-refractivity contribution in [3.63, 3.8) is 0 Å². The van der Waals surface area contributed by atoms with Crippen LogP contribution in [0.1, 0.15) is 34.9 Å². The van der Waals surface area contributed by atoms with Crippen molar-refractivity contribution in [1.82, 2.24) is 4.57 Å². The van der Waals surface area contributed by atoms with Gasteiger partial charge in [-0.2, -0.15) is 0 Å². The topological polar surface area (TPSA) is 57.3 Å². The van der Waals surface area contributed by atoms with Crippen LogP contribution in [0.5, 0.6) is 0 Å². The number of anilines is 1. The first-order chi connectivity index (χ1) is 9.63. The Morgan fingerprint density at radius 3 is 2.90 bits per heavy atom. The maximum atomic E-state index is 12.2. The van der Waals surface area contributed by atoms with Crippen LogP contribution >= 0.6 is 15.9 Å². The Labute approximate surface area is 125 Å². The summed E-state index contributed by atoms with van der Waals surface area (Å²) in [5.41, 5.74) is 7.87. The van der Waals surface area contributed by atoms with Gasteiger partial charge in [0.1, 0.15) is 12.3 Å². The molecule has 104 valence electrons. The van der Waals surface area contributed by atoms with Gasteiger partial charge < -0.3 is 15.0 Å². The molecule has 0 aliphatic heterocycles. The molecule has 1 aliphatic carbocycles. The van der Waals surface area contributed by atoms with Crippen LogP contribution in [0.2, 0.25) is 0 Å². The number of hydrogen-bond donors (Lipinski definition) is 1. The molecule has 5 heteroatoms. The minimum atomic E-state index is -0.325. The molecule has 1 heterocycles. The van der Waals surface area contributed by atoms with Crippen LogP contribution in [0.15, 0.2) is 41.0 Å². The first-order valence-corrected chi connectivity index (χ1v) is 7.32. The fourth-order valence-corrected chi connectivity index (χ4v) is 2.62. The third-order valence-electron chi connectivity index (χ3n) is 3.28. The summed E-state index contributed by atoms with van der Waals surface area (Å²) in [5, 5.41) is 0. The highest BCUT2D eigenvalue weighted by atomic mass is 79.9. The number of nitrogen functional groups attached to an aromatic ring is 1. The van der Waals surface area contributed by atoms with Crippen LogP contribution in [-0.4, -0.2) is 10.5 Å². The second kappa shape index (κ2) is 5.32. The van der Waals surface area contributed by atoms with E-state index < -0.39 is 0 Å². The van der Waals surface area contributed by atoms with Crippen molar-refractivity contribution in [2.45, 2.75) is 25.5 Å². The molecule has 4 nitrogen and oxygen atoms in total. The second-order valence-corrected chi connectivity index (χ2v) is 5.92. The molecule has 0 spiro atoms. The summed E-state index contributed by atoms with van der Waals surface area (Å²) in [4.78, 5) is 12.2. The highest BCUT2D eigenvalue weighted by Gasteiger charge is 2.28. The van der Waals surface area contributed by atoms with E-state index in [4.69, 9.17) is 10.5 Å². The van der Waals surface area contributed by atoms with Gasteiger partial charge in [-0.1, -0.05) is 28.1 Å². The molecule has 2 aromatic rings. The first-order valence-electron chi connectivity index (χ1n) is 6.52. The predicted octanol–water partition coefficient (Wildman–Crippen LogP) is 3.52. The fourth-order valence-electron chi connectivity index (χ4n) is 2.17. The van der Waals surface area contributed by atoms with Gasteiger partial charge in [-0.15, -0.1) is 0 Å². The van der Waals surface area contributed by atoms with Gasteiger partial charge >= 0.3 is 5.97 Å². The van der Waals surface area contributed by atoms with Crippen molar-refractivity contribution < 1.29 is 9.53 Å². The number of halogens is 1. The predicted molar refractivity (Wildman–Crippen MR) is 80.4 cm³/mol. The molecule has 0 amide bonds. The number of carbonyl (C=O) groups is 1. The zero-order valence-electron chi connectivity index (χ0n) is 10.9. The average Bonchev–Trinajstić information content (AvgIpc) is 3.19. The lowest BCUT2D eigenvalue weighted by atomic mass is 10.2. The molecular formula is C15H15BrN2O2. The molecule has 0 atom stereocenters. The summed E-state index contributed by atoms with van der Waals surface area (Å²) in [6.07, 6.45) is 4.01. The largest absolute Gasteiger partial charge is 0.456 e. The number of benzene rings is 1. The molecule has 0 saturated heterocycles. The van der Waals surface area contributed by atoms with Gasteiger partial charge in [-0.05, 0) is 36.6 Å². The van der Waals surface area contributed by atoms with Crippen LogP contribution in [0.4, 0.5) is 5.69 Å². The molecule has 1 fully saturated rings. The van der Waals surface area contributed by atoms with Crippen molar-refractivity contribution in [2.24, 2.45) is 0 Å². The molecule has 3 rings (SSSR count). The standard InChI is InChI=1S/C15H15BrN2O2/c16-11-3-1-2-10(6-11)9-20-15(19)14-7-12(17)8-18(14)13-4-5-13/h1-3,6-8,13H,4-5,9,17H2. The number of esters is 1. The molecule has 0 radical (unpaired) electrons. The molecular weight excluding hydrogens is 320 g/mol. The van der Waals surface area contributed by atoms with Crippen LogP contribution < -0.4 is 5.73 Å². The van der Waals surface area contributed by atoms with Gasteiger partial charge in [-0.3, -0.25) is 0 Å². The Kier molecular flexibility index (Phi) is 3.53. The van der Waals surface area contributed by atoms with E-state index in [1.807, 2.05) is 35.0 Å². The number of nitrogens with two attached hydrogens (primary N) is 1. The van der Waals surface area contributed by atoms with E-state index in [9.17, 15) is 4.79 Å². The Morgan fingerprint density at radius 2 is 2.20 bits per heavy atom. The minimum absolute atomic E-state index is 0.258. The van der Waals surface area contributed by atoms with Crippen molar-refractivity contribution >= 4 is 27.6 Å². The zero-order chi connectivity index (χ0) is 14.1. The number of ether oxygens (including phenoxy) is 1. The molecule has 1 aliphatic rings. The van der Waals surface area contributed by atoms with E-state index in [-0.39, 0.29) is 12.6 Å². The molecule has 2 N–H and O–H groups in total. The summed E-state index contributed by atoms with van der Waals surface area (Å²) in [6, 6.07) is 9.79. The number of rotatable bonds is 4. The van der Waals surface area contributed by atoms with Gasteiger partial charge in [0, 0.05) is 16.7 Å². The Balaban J connectivity index is 1.70. The lowest BCUT2D eigenvalue weighted by Crippen LogP contribution is -2.11. The Hall–Kier alpha value is -1.75. The molecule has 0 bridgehead atoms. The van der Waals surface area contributed by atoms with E-state index in [2.05, 4.69) is 15.9 Å². The lowest BCUT2D eigenvalue weighted by Gasteiger charge is -2.08. The van der Waals surface area contributed by atoms with Gasteiger partial charge in [0.15, 0.2) is 0 Å². The van der Waals surface area contributed by atoms with E-state index in [1.54, 1.807) is 6.07 Å². The van der Waals surface area contributed by atoms with Crippen LogP contribution in [0.25, 0.3) is 0 Å². The third kappa shape index (κ3) is 2.88. The van der Waals surface area contributed by atoms with Gasteiger partial charge in [0.2, 0.25) is 0 Å². The normalized spacial score (nSPS) is 14.2. The van der Waals surface area contributed by atoms with Crippen molar-refractivity contribution in [1.29, 1.82) is 0 Å². The molecule has 1 aromatic carbocycles. The average molecular weight is 335 g/mol. The van der Waals surface area contributed by atoms with Crippen LogP contribution in [0, 0.1) is 0 Å². The minimum Gasteiger partial charge on any atom is -0.456 e. The Morgan fingerprint density at radius 1 is 1.40 bits per heavy atom. The highest BCUT2D eigenvalue weighted by molar-refractivity contribution is 9.10. The van der Waals surface area contributed by atoms with Crippen molar-refractivity contribution in [2.75, 3.05) is 5.73 Å². The van der Waals surface area contributed by atoms with Gasteiger partial charge in [0.25, 0.3) is 0 Å². The van der Waals surface area contributed by atoms with E-state index in [1.165, 1.54) is 0 Å². The van der Waals surface area contributed by atoms with Crippen molar-refractivity contribution in [3.05, 3.63) is 52.3 Å². The summed E-state index contributed by atoms with van der Waals surface area (Å²) in [7, 11) is 0. The number of hydrogen-bond acceptors (Lipinski definition) is 3. The summed E-state index contributed by atoms with van der Waals surface area (Å²) in [6.45, 7) is 0.258. The molecule has 1 saturated carbocycles. The smallest absolute Gasteiger partial charge is 0.355 e. The molecule has 1 aromatic heterocycles. The van der Waals surface area contributed by atoms with E-state index >= 15 is 0 Å². The number of aromatic nitrogens is 1. The molecule has 20 heavy (non-hydrogen) atoms. The number of carbonyl (C=O) groups excluding carboxylic acids is 1. The first kappa shape index (κ1) is 13.2. The summed E-state index contributed by atoms with van der Waals surface area (Å²) in [5.74, 6) is -0.325. The van der Waals surface area contributed by atoms with Crippen LogP contribution in [-0.2, 0) is 11.3 Å². The lowest BCUT2D eigenvalue weighted by molar-refractivity contribution is 0.0460. The maximum absolute atomic E-state index is 12.2. The molecule has 0 unspecified atom stereocenters. The van der Waals surface area contributed by atoms with Crippen LogP contribution in [0.3, 0.4) is 0 Å². The SMILES string of the molecule is Nc1cc(C(=O)OCc2cccc(Br)c2)n(C2CC2)c1. The summed E-state index contributed by atoms with van der Waals surface area (Å²) < 4.78 is 8.26. The maximum Gasteiger partial charge on any atom is 0.355 e. The second-order valence-electron chi connectivity index (χ2n) is 5.00. The Bertz CT molecular complexity index is 647. The monoisotopic (exact) mass is 334 g/mol. The van der Waals surface area contributed by atoms with Gasteiger partial charge in [0.05, 0.1) is 5.69 Å².